The highest BCUT2D eigenvalue weighted by Gasteiger charge is 2.24. The van der Waals surface area contributed by atoms with Gasteiger partial charge in [-0.25, -0.2) is 0 Å². The lowest BCUT2D eigenvalue weighted by Gasteiger charge is -2.25. The summed E-state index contributed by atoms with van der Waals surface area (Å²) in [5.41, 5.74) is 6.97. The Morgan fingerprint density at radius 2 is 2.09 bits per heavy atom. The minimum absolute atomic E-state index is 0.295. The number of rotatable bonds is 9. The molecule has 1 fully saturated rings. The zero-order valence-electron chi connectivity index (χ0n) is 14.0. The molecule has 0 unspecified atom stereocenters. The van der Waals surface area contributed by atoms with Crippen LogP contribution in [0.4, 0.5) is 4.39 Å². The van der Waals surface area contributed by atoms with Crippen molar-refractivity contribution in [1.82, 2.24) is 4.90 Å². The molecule has 130 valence electrons. The lowest BCUT2D eigenvalue weighted by molar-refractivity contribution is 0.124. The lowest BCUT2D eigenvalue weighted by atomic mass is 10.0. The van der Waals surface area contributed by atoms with E-state index in [1.54, 1.807) is 0 Å². The van der Waals surface area contributed by atoms with E-state index in [9.17, 15) is 9.50 Å². The molecule has 3 atom stereocenters. The molecule has 1 aliphatic heterocycles. The summed E-state index contributed by atoms with van der Waals surface area (Å²) in [5.74, 6) is 1.45. The average Bonchev–Trinajstić information content (AvgIpc) is 2.96. The number of nitrogens with zero attached hydrogens (tertiary/aromatic N) is 1. The third-order valence-electron chi connectivity index (χ3n) is 4.40. The minimum atomic E-state index is -0.675. The summed E-state index contributed by atoms with van der Waals surface area (Å²) < 4.78 is 17.5. The molecule has 4 nitrogen and oxygen atoms in total. The maximum atomic E-state index is 12.0. The number of unbranched alkanes of at least 4 members (excludes halogenated alkanes) is 1. The number of ether oxygens (including phenoxy) is 1. The second-order valence-electron chi connectivity index (χ2n) is 6.58. The predicted molar refractivity (Wildman–Crippen MR) is 90.3 cm³/mol. The molecule has 1 heterocycles. The molecular formula is C18H29FN2O2. The van der Waals surface area contributed by atoms with Gasteiger partial charge in [-0.15, -0.1) is 0 Å². The van der Waals surface area contributed by atoms with Crippen LogP contribution in [0.2, 0.25) is 0 Å². The quantitative estimate of drug-likeness (QED) is 0.685. The number of nitrogens with two attached hydrogens (primary N) is 1. The van der Waals surface area contributed by atoms with E-state index in [0.717, 1.165) is 24.4 Å². The van der Waals surface area contributed by atoms with E-state index >= 15 is 0 Å². The molecule has 1 aromatic rings. The van der Waals surface area contributed by atoms with Gasteiger partial charge in [-0.1, -0.05) is 19.1 Å². The first-order chi connectivity index (χ1) is 11.1. The van der Waals surface area contributed by atoms with Gasteiger partial charge in [0.15, 0.2) is 0 Å². The second kappa shape index (κ2) is 9.21. The van der Waals surface area contributed by atoms with Gasteiger partial charge < -0.3 is 20.5 Å². The monoisotopic (exact) mass is 324 g/mol. The molecule has 1 saturated heterocycles. The van der Waals surface area contributed by atoms with Crippen molar-refractivity contribution in [2.24, 2.45) is 11.7 Å². The number of alkyl halides is 1. The van der Waals surface area contributed by atoms with Crippen LogP contribution < -0.4 is 10.5 Å². The Bertz CT molecular complexity index is 455. The Kier molecular flexibility index (Phi) is 7.27. The molecule has 0 radical (unpaired) electrons. The van der Waals surface area contributed by atoms with Crippen LogP contribution in [0.1, 0.15) is 37.9 Å². The first-order valence-electron chi connectivity index (χ1n) is 8.55. The van der Waals surface area contributed by atoms with Crippen molar-refractivity contribution in [3.8, 4) is 5.75 Å². The molecule has 0 aliphatic carbocycles. The number of halogens is 1. The number of benzene rings is 1. The van der Waals surface area contributed by atoms with Crippen molar-refractivity contribution in [3.63, 3.8) is 0 Å². The van der Waals surface area contributed by atoms with E-state index < -0.39 is 6.10 Å². The van der Waals surface area contributed by atoms with Crippen LogP contribution >= 0.6 is 0 Å². The highest BCUT2D eigenvalue weighted by Crippen LogP contribution is 2.22. The normalized spacial score (nSPS) is 21.3. The molecule has 23 heavy (non-hydrogen) atoms. The Labute approximate surface area is 138 Å². The first kappa shape index (κ1) is 18.2. The fourth-order valence-corrected chi connectivity index (χ4v) is 2.99. The highest BCUT2D eigenvalue weighted by molar-refractivity contribution is 5.29. The van der Waals surface area contributed by atoms with Gasteiger partial charge in [-0.05, 0) is 49.4 Å². The van der Waals surface area contributed by atoms with Gasteiger partial charge in [-0.3, -0.25) is 4.39 Å². The number of aliphatic hydroxyl groups excluding tert-OH is 1. The summed E-state index contributed by atoms with van der Waals surface area (Å²) >= 11 is 0. The van der Waals surface area contributed by atoms with Gasteiger partial charge in [0.1, 0.15) is 5.75 Å². The first-order valence-corrected chi connectivity index (χ1v) is 8.55. The molecule has 0 saturated carbocycles. The number of likely N-dealkylation sites (tertiary alicyclic amines) is 1. The highest BCUT2D eigenvalue weighted by atomic mass is 19.1. The van der Waals surface area contributed by atoms with Crippen molar-refractivity contribution in [1.29, 1.82) is 0 Å². The summed E-state index contributed by atoms with van der Waals surface area (Å²) in [6.45, 7) is 5.29. The maximum absolute atomic E-state index is 12.0. The largest absolute Gasteiger partial charge is 0.494 e. The van der Waals surface area contributed by atoms with E-state index in [0.29, 0.717) is 31.9 Å². The summed E-state index contributed by atoms with van der Waals surface area (Å²) in [6, 6.07) is 7.07. The maximum Gasteiger partial charge on any atom is 0.119 e. The molecule has 5 heteroatoms. The number of aliphatic hydroxyl groups is 1. The molecule has 0 amide bonds. The van der Waals surface area contributed by atoms with Gasteiger partial charge in [0.25, 0.3) is 0 Å². The van der Waals surface area contributed by atoms with Gasteiger partial charge in [0.2, 0.25) is 0 Å². The van der Waals surface area contributed by atoms with Crippen LogP contribution in [0.25, 0.3) is 0 Å². The molecular weight excluding hydrogens is 295 g/mol. The van der Waals surface area contributed by atoms with E-state index in [1.165, 1.54) is 6.42 Å². The standard InChI is InChI=1S/C18H29FN2O2/c1-14-8-10-21(12-14)13-17(20)18(22)15-4-6-16(7-5-15)23-11-3-2-9-19/h4-7,14,17-18,22H,2-3,8-13,20H2,1H3/t14-,17-,18-/m1/s1. The smallest absolute Gasteiger partial charge is 0.119 e. The van der Waals surface area contributed by atoms with E-state index in [4.69, 9.17) is 10.5 Å². The third-order valence-corrected chi connectivity index (χ3v) is 4.40. The number of hydrogen-bond acceptors (Lipinski definition) is 4. The van der Waals surface area contributed by atoms with Gasteiger partial charge in [0.05, 0.1) is 19.4 Å². The molecule has 1 aliphatic rings. The van der Waals surface area contributed by atoms with Crippen molar-refractivity contribution in [2.45, 2.75) is 38.3 Å². The van der Waals surface area contributed by atoms with Crippen molar-refractivity contribution in [2.75, 3.05) is 32.9 Å². The van der Waals surface area contributed by atoms with E-state index in [-0.39, 0.29) is 12.7 Å². The Hall–Kier alpha value is -1.17. The average molecular weight is 324 g/mol. The SMILES string of the molecule is C[C@@H]1CCN(C[C@@H](N)[C@H](O)c2ccc(OCCCCF)cc2)C1. The lowest BCUT2D eigenvalue weighted by Crippen LogP contribution is -2.40. The third kappa shape index (κ3) is 5.75. The van der Waals surface area contributed by atoms with Crippen LogP contribution in [0.3, 0.4) is 0 Å². The molecule has 2 rings (SSSR count). The summed E-state index contributed by atoms with van der Waals surface area (Å²) in [7, 11) is 0. The Morgan fingerprint density at radius 3 is 2.70 bits per heavy atom. The van der Waals surface area contributed by atoms with E-state index in [2.05, 4.69) is 11.8 Å². The predicted octanol–water partition coefficient (Wildman–Crippen LogP) is 2.52. The fourth-order valence-electron chi connectivity index (χ4n) is 2.99. The summed E-state index contributed by atoms with van der Waals surface area (Å²) in [5, 5.41) is 10.4. The van der Waals surface area contributed by atoms with Gasteiger partial charge in [-0.2, -0.15) is 0 Å². The van der Waals surface area contributed by atoms with Crippen LogP contribution in [0.15, 0.2) is 24.3 Å². The fraction of sp³-hybridized carbons (Fsp3) is 0.667. The van der Waals surface area contributed by atoms with Crippen LogP contribution in [0, 0.1) is 5.92 Å². The second-order valence-corrected chi connectivity index (χ2v) is 6.58. The molecule has 3 N–H and O–H groups in total. The van der Waals surface area contributed by atoms with Crippen LogP contribution in [-0.4, -0.2) is 49.0 Å². The Morgan fingerprint density at radius 1 is 1.35 bits per heavy atom. The summed E-state index contributed by atoms with van der Waals surface area (Å²) in [4.78, 5) is 2.32. The Balaban J connectivity index is 1.80. The van der Waals surface area contributed by atoms with Gasteiger partial charge in [0, 0.05) is 19.1 Å². The summed E-state index contributed by atoms with van der Waals surface area (Å²) in [6.07, 6.45) is 1.77. The van der Waals surface area contributed by atoms with Crippen molar-refractivity contribution >= 4 is 0 Å². The van der Waals surface area contributed by atoms with Crippen molar-refractivity contribution < 1.29 is 14.2 Å². The van der Waals surface area contributed by atoms with Crippen LogP contribution in [-0.2, 0) is 0 Å². The molecule has 0 aromatic heterocycles. The zero-order chi connectivity index (χ0) is 16.7. The molecule has 0 spiro atoms. The van der Waals surface area contributed by atoms with Gasteiger partial charge >= 0.3 is 0 Å². The van der Waals surface area contributed by atoms with E-state index in [1.807, 2.05) is 24.3 Å². The minimum Gasteiger partial charge on any atom is -0.494 e. The van der Waals surface area contributed by atoms with Crippen molar-refractivity contribution in [3.05, 3.63) is 29.8 Å². The molecule has 0 bridgehead atoms. The topological polar surface area (TPSA) is 58.7 Å². The molecule has 1 aromatic carbocycles. The zero-order valence-corrected chi connectivity index (χ0v) is 14.0. The number of hydrogen-bond donors (Lipinski definition) is 2. The van der Waals surface area contributed by atoms with Crippen LogP contribution in [0.5, 0.6) is 5.75 Å².